The highest BCUT2D eigenvalue weighted by molar-refractivity contribution is 5.79. The Balaban J connectivity index is 1.38. The molecular weight excluding hydrogens is 340 g/mol. The van der Waals surface area contributed by atoms with Gasteiger partial charge in [-0.05, 0) is 58.4 Å². The molecule has 27 heavy (non-hydrogen) atoms. The molecule has 1 aliphatic carbocycles. The van der Waals surface area contributed by atoms with Gasteiger partial charge in [0.25, 0.3) is 5.56 Å². The number of aryl methyl sites for hydroxylation is 2. The van der Waals surface area contributed by atoms with Gasteiger partial charge in [-0.3, -0.25) is 9.59 Å². The number of nitrogens with zero attached hydrogens (tertiary/aromatic N) is 3. The average Bonchev–Trinajstić information content (AvgIpc) is 2.98. The molecule has 148 valence electrons. The summed E-state index contributed by atoms with van der Waals surface area (Å²) >= 11 is 0. The fourth-order valence-electron chi connectivity index (χ4n) is 5.21. The second kappa shape index (κ2) is 7.38. The smallest absolute Gasteiger partial charge is 0.254 e. The number of likely N-dealkylation sites (tertiary alicyclic amines) is 2. The van der Waals surface area contributed by atoms with Crippen molar-refractivity contribution in [2.45, 2.75) is 58.8 Å². The summed E-state index contributed by atoms with van der Waals surface area (Å²) in [4.78, 5) is 36.8. The number of aromatic nitrogens is 2. The van der Waals surface area contributed by atoms with E-state index in [1.165, 1.54) is 45.2 Å². The third-order valence-electron chi connectivity index (χ3n) is 6.94. The van der Waals surface area contributed by atoms with Crippen LogP contribution in [0.15, 0.2) is 4.79 Å². The molecule has 4 rings (SSSR count). The third-order valence-corrected chi connectivity index (χ3v) is 6.94. The Labute approximate surface area is 161 Å². The summed E-state index contributed by atoms with van der Waals surface area (Å²) in [6.07, 6.45) is 7.92. The van der Waals surface area contributed by atoms with E-state index in [1.54, 1.807) is 6.92 Å². The highest BCUT2D eigenvalue weighted by Gasteiger charge is 2.43. The van der Waals surface area contributed by atoms with Gasteiger partial charge in [-0.2, -0.15) is 0 Å². The van der Waals surface area contributed by atoms with Crippen molar-refractivity contribution < 1.29 is 4.79 Å². The minimum absolute atomic E-state index is 0.0715. The number of carbonyl (C=O) groups excluding carboxylic acids is 1. The summed E-state index contributed by atoms with van der Waals surface area (Å²) in [5.41, 5.74) is 1.28. The molecule has 1 atom stereocenters. The lowest BCUT2D eigenvalue weighted by atomic mass is 9.78. The number of hydrogen-bond donors (Lipinski definition) is 1. The van der Waals surface area contributed by atoms with Crippen LogP contribution in [0.5, 0.6) is 0 Å². The molecular formula is C21H32N4O2. The molecule has 3 heterocycles. The van der Waals surface area contributed by atoms with Crippen LogP contribution in [0.3, 0.4) is 0 Å². The molecule has 0 unspecified atom stereocenters. The Hall–Kier alpha value is -1.69. The van der Waals surface area contributed by atoms with Gasteiger partial charge in [0, 0.05) is 42.9 Å². The van der Waals surface area contributed by atoms with Gasteiger partial charge in [-0.25, -0.2) is 4.98 Å². The number of aromatic amines is 1. The van der Waals surface area contributed by atoms with Gasteiger partial charge < -0.3 is 14.8 Å². The second-order valence-corrected chi connectivity index (χ2v) is 9.09. The van der Waals surface area contributed by atoms with Crippen molar-refractivity contribution in [1.82, 2.24) is 19.8 Å². The first-order chi connectivity index (χ1) is 12.9. The summed E-state index contributed by atoms with van der Waals surface area (Å²) < 4.78 is 0. The summed E-state index contributed by atoms with van der Waals surface area (Å²) in [5.74, 6) is 1.58. The standard InChI is InChI=1S/C21H32N4O2/c1-15-18(20(27)23-16(2)22-15)11-19(26)25-10-8-21(14-25)7-4-9-24(13-21)12-17-5-3-6-17/h17H,3-14H2,1-2H3,(H,22,23,27)/t21-/m1/s1. The van der Waals surface area contributed by atoms with Crippen LogP contribution in [0.1, 0.15) is 55.6 Å². The lowest BCUT2D eigenvalue weighted by Gasteiger charge is -2.43. The number of rotatable bonds is 4. The molecule has 0 radical (unpaired) electrons. The molecule has 1 N–H and O–H groups in total. The second-order valence-electron chi connectivity index (χ2n) is 9.09. The van der Waals surface area contributed by atoms with Gasteiger partial charge >= 0.3 is 0 Å². The van der Waals surface area contributed by atoms with Crippen LogP contribution in [0.2, 0.25) is 0 Å². The first-order valence-electron chi connectivity index (χ1n) is 10.5. The summed E-state index contributed by atoms with van der Waals surface area (Å²) in [7, 11) is 0. The van der Waals surface area contributed by atoms with Crippen LogP contribution in [0.25, 0.3) is 0 Å². The number of nitrogens with one attached hydrogen (secondary N) is 1. The van der Waals surface area contributed by atoms with Crippen LogP contribution >= 0.6 is 0 Å². The summed E-state index contributed by atoms with van der Waals surface area (Å²) in [6.45, 7) is 8.86. The van der Waals surface area contributed by atoms with Crippen molar-refractivity contribution in [3.05, 3.63) is 27.4 Å². The molecule has 1 amide bonds. The zero-order valence-electron chi connectivity index (χ0n) is 16.7. The van der Waals surface area contributed by atoms with E-state index in [2.05, 4.69) is 14.9 Å². The Morgan fingerprint density at radius 1 is 1.19 bits per heavy atom. The van der Waals surface area contributed by atoms with E-state index < -0.39 is 0 Å². The predicted octanol–water partition coefficient (Wildman–Crippen LogP) is 2.04. The van der Waals surface area contributed by atoms with Gasteiger partial charge in [0.2, 0.25) is 5.91 Å². The Morgan fingerprint density at radius 3 is 2.70 bits per heavy atom. The SMILES string of the molecule is Cc1nc(C)c(CC(=O)N2CC[C@@]3(CCCN(CC4CCC4)C3)C2)c(=O)[nH]1. The third kappa shape index (κ3) is 3.96. The molecule has 6 heteroatoms. The lowest BCUT2D eigenvalue weighted by Crippen LogP contribution is -2.47. The highest BCUT2D eigenvalue weighted by Crippen LogP contribution is 2.40. The zero-order valence-corrected chi connectivity index (χ0v) is 16.7. The molecule has 0 aromatic carbocycles. The van der Waals surface area contributed by atoms with Crippen LogP contribution in [-0.4, -0.2) is 58.4 Å². The number of piperidine rings is 1. The zero-order chi connectivity index (χ0) is 19.0. The van der Waals surface area contributed by atoms with E-state index in [1.807, 2.05) is 11.8 Å². The highest BCUT2D eigenvalue weighted by atomic mass is 16.2. The molecule has 6 nitrogen and oxygen atoms in total. The normalized spacial score (nSPS) is 26.5. The summed E-state index contributed by atoms with van der Waals surface area (Å²) in [6, 6.07) is 0. The molecule has 1 spiro atoms. The van der Waals surface area contributed by atoms with Crippen LogP contribution in [-0.2, 0) is 11.2 Å². The predicted molar refractivity (Wildman–Crippen MR) is 105 cm³/mol. The van der Waals surface area contributed by atoms with E-state index in [4.69, 9.17) is 0 Å². The summed E-state index contributed by atoms with van der Waals surface area (Å²) in [5, 5.41) is 0. The van der Waals surface area contributed by atoms with Crippen molar-refractivity contribution in [3.8, 4) is 0 Å². The van der Waals surface area contributed by atoms with Gasteiger partial charge in [0.05, 0.1) is 6.42 Å². The fraction of sp³-hybridized carbons (Fsp3) is 0.762. The number of carbonyl (C=O) groups is 1. The molecule has 1 aromatic rings. The van der Waals surface area contributed by atoms with Gasteiger partial charge in [-0.1, -0.05) is 6.42 Å². The number of hydrogen-bond acceptors (Lipinski definition) is 4. The quantitative estimate of drug-likeness (QED) is 0.878. The van der Waals surface area contributed by atoms with E-state index in [0.29, 0.717) is 17.1 Å². The van der Waals surface area contributed by atoms with Crippen molar-refractivity contribution >= 4 is 5.91 Å². The van der Waals surface area contributed by atoms with Crippen molar-refractivity contribution in [2.24, 2.45) is 11.3 Å². The van der Waals surface area contributed by atoms with E-state index in [9.17, 15) is 9.59 Å². The molecule has 3 aliphatic rings. The largest absolute Gasteiger partial charge is 0.342 e. The molecule has 2 aliphatic heterocycles. The monoisotopic (exact) mass is 372 g/mol. The number of H-pyrrole nitrogens is 1. The van der Waals surface area contributed by atoms with E-state index in [0.717, 1.165) is 32.0 Å². The Bertz CT molecular complexity index is 770. The maximum atomic E-state index is 12.9. The van der Waals surface area contributed by atoms with Crippen molar-refractivity contribution in [1.29, 1.82) is 0 Å². The van der Waals surface area contributed by atoms with Crippen molar-refractivity contribution in [3.63, 3.8) is 0 Å². The minimum Gasteiger partial charge on any atom is -0.342 e. The fourth-order valence-corrected chi connectivity index (χ4v) is 5.21. The van der Waals surface area contributed by atoms with Gasteiger partial charge in [0.1, 0.15) is 5.82 Å². The molecule has 1 saturated carbocycles. The first-order valence-corrected chi connectivity index (χ1v) is 10.5. The topological polar surface area (TPSA) is 69.3 Å². The van der Waals surface area contributed by atoms with Crippen LogP contribution in [0, 0.1) is 25.2 Å². The maximum Gasteiger partial charge on any atom is 0.254 e. The first kappa shape index (κ1) is 18.7. The van der Waals surface area contributed by atoms with E-state index in [-0.39, 0.29) is 23.3 Å². The average molecular weight is 373 g/mol. The van der Waals surface area contributed by atoms with Crippen molar-refractivity contribution in [2.75, 3.05) is 32.7 Å². The minimum atomic E-state index is -0.174. The van der Waals surface area contributed by atoms with Crippen LogP contribution in [0.4, 0.5) is 0 Å². The van der Waals surface area contributed by atoms with Gasteiger partial charge in [0.15, 0.2) is 0 Å². The Morgan fingerprint density at radius 2 is 2.00 bits per heavy atom. The van der Waals surface area contributed by atoms with Crippen LogP contribution < -0.4 is 5.56 Å². The molecule has 1 aromatic heterocycles. The van der Waals surface area contributed by atoms with E-state index >= 15 is 0 Å². The molecule has 2 saturated heterocycles. The molecule has 0 bridgehead atoms. The lowest BCUT2D eigenvalue weighted by molar-refractivity contribution is -0.130. The maximum absolute atomic E-state index is 12.9. The van der Waals surface area contributed by atoms with Gasteiger partial charge in [-0.15, -0.1) is 0 Å². The molecule has 3 fully saturated rings. The Kier molecular flexibility index (Phi) is 5.10. The number of amides is 1.